The minimum atomic E-state index is -0.523. The number of aryl methyl sites for hydroxylation is 2. The lowest BCUT2D eigenvalue weighted by Crippen LogP contribution is -2.39. The van der Waals surface area contributed by atoms with E-state index in [1.807, 2.05) is 58.5 Å². The zero-order valence-corrected chi connectivity index (χ0v) is 33.0. The minimum Gasteiger partial charge on any atom is -0.378 e. The number of pyridine rings is 2. The summed E-state index contributed by atoms with van der Waals surface area (Å²) in [6, 6.07) is 27.6. The SMILES string of the molecule is Cc1cc(-c2ccc3cnc(N(c4ccc(N5CCOCC5)cc4)N(c4ccc(N5CCOCC5)cc4)c4ncc5ccc(-c6cnc(F)c(C)c6)n5n4)nn23)cnc1F. The lowest BCUT2D eigenvalue weighted by atomic mass is 10.1. The standard InChI is InChI=1S/C44H40F2N12O2/c1-29-23-31(25-47-41(29)45)39-13-11-37-27-49-43(51-55(37)39)57(35-7-3-33(4-8-35)53-15-19-59-20-16-53)58(36-9-5-34(6-10-36)54-17-21-60-22-18-54)44-50-28-38-12-14-40(56(38)52-44)32-24-30(2)42(46)48-26-32/h3-14,23-28H,15-22H2,1-2H3. The van der Waals surface area contributed by atoms with E-state index in [0.717, 1.165) is 60.0 Å². The van der Waals surface area contributed by atoms with Crippen LogP contribution < -0.4 is 19.8 Å². The van der Waals surface area contributed by atoms with Gasteiger partial charge in [-0.15, -0.1) is 10.2 Å². The van der Waals surface area contributed by atoms with Crippen molar-refractivity contribution in [2.75, 3.05) is 72.4 Å². The third-order valence-corrected chi connectivity index (χ3v) is 10.9. The fraction of sp³-hybridized carbons (Fsp3) is 0.227. The van der Waals surface area contributed by atoms with Gasteiger partial charge in [0.2, 0.25) is 11.9 Å². The van der Waals surface area contributed by atoms with Crippen LogP contribution >= 0.6 is 0 Å². The van der Waals surface area contributed by atoms with Crippen LogP contribution in [0.5, 0.6) is 0 Å². The van der Waals surface area contributed by atoms with Crippen molar-refractivity contribution >= 4 is 45.7 Å². The highest BCUT2D eigenvalue weighted by Gasteiger charge is 2.29. The maximum absolute atomic E-state index is 14.3. The van der Waals surface area contributed by atoms with Gasteiger partial charge in [0.1, 0.15) is 0 Å². The van der Waals surface area contributed by atoms with E-state index in [1.54, 1.807) is 47.4 Å². The number of halogens is 2. The highest BCUT2D eigenvalue weighted by atomic mass is 19.1. The first-order valence-electron chi connectivity index (χ1n) is 19.8. The third kappa shape index (κ3) is 6.98. The molecule has 0 spiro atoms. The Hall–Kier alpha value is -7.04. The smallest absolute Gasteiger partial charge is 0.267 e. The van der Waals surface area contributed by atoms with Crippen LogP contribution in [-0.2, 0) is 9.47 Å². The van der Waals surface area contributed by atoms with Gasteiger partial charge in [0, 0.05) is 72.2 Å². The van der Waals surface area contributed by atoms with Gasteiger partial charge in [-0.25, -0.2) is 39.0 Å². The minimum absolute atomic E-state index is 0.304. The Morgan fingerprint density at radius 1 is 0.500 bits per heavy atom. The number of hydrazine groups is 1. The number of aromatic nitrogens is 8. The van der Waals surface area contributed by atoms with Gasteiger partial charge >= 0.3 is 0 Å². The zero-order chi connectivity index (χ0) is 40.7. The number of anilines is 6. The lowest BCUT2D eigenvalue weighted by molar-refractivity contribution is 0.122. The van der Waals surface area contributed by atoms with Gasteiger partial charge in [0.25, 0.3) is 11.9 Å². The van der Waals surface area contributed by atoms with E-state index < -0.39 is 11.9 Å². The van der Waals surface area contributed by atoms with Gasteiger partial charge in [-0.3, -0.25) is 0 Å². The van der Waals surface area contributed by atoms with Crippen molar-refractivity contribution < 1.29 is 18.3 Å². The number of rotatable bonds is 9. The molecule has 0 amide bonds. The van der Waals surface area contributed by atoms with Crippen molar-refractivity contribution in [1.29, 1.82) is 0 Å². The van der Waals surface area contributed by atoms with E-state index in [2.05, 4.69) is 44.0 Å². The van der Waals surface area contributed by atoms with Gasteiger partial charge in [-0.1, -0.05) is 0 Å². The summed E-state index contributed by atoms with van der Waals surface area (Å²) in [5, 5.41) is 14.1. The number of hydrogen-bond acceptors (Lipinski definition) is 12. The maximum atomic E-state index is 14.3. The largest absolute Gasteiger partial charge is 0.378 e. The molecule has 0 N–H and O–H groups in total. The molecule has 0 atom stereocenters. The van der Waals surface area contributed by atoms with Crippen LogP contribution in [0.1, 0.15) is 11.1 Å². The van der Waals surface area contributed by atoms with Crippen LogP contribution in [0.4, 0.5) is 43.4 Å². The summed E-state index contributed by atoms with van der Waals surface area (Å²) in [6.07, 6.45) is 6.52. The van der Waals surface area contributed by atoms with Gasteiger partial charge in [0.15, 0.2) is 0 Å². The molecule has 16 heteroatoms. The molecule has 0 unspecified atom stereocenters. The summed E-state index contributed by atoms with van der Waals surface area (Å²) in [4.78, 5) is 22.5. The van der Waals surface area contributed by atoms with Crippen LogP contribution in [0.3, 0.4) is 0 Å². The van der Waals surface area contributed by atoms with E-state index in [9.17, 15) is 8.78 Å². The summed E-state index contributed by atoms with van der Waals surface area (Å²) in [6.45, 7) is 9.16. The second kappa shape index (κ2) is 15.6. The summed E-state index contributed by atoms with van der Waals surface area (Å²) in [5.41, 5.74) is 8.73. The average molecular weight is 807 g/mol. The molecular formula is C44H40F2N12O2. The Labute approximate surface area is 343 Å². The molecular weight excluding hydrogens is 767 g/mol. The second-order valence-electron chi connectivity index (χ2n) is 14.7. The highest BCUT2D eigenvalue weighted by molar-refractivity contribution is 5.76. The number of benzene rings is 2. The fourth-order valence-electron chi connectivity index (χ4n) is 7.71. The molecule has 8 aromatic rings. The Morgan fingerprint density at radius 2 is 0.900 bits per heavy atom. The molecule has 2 fully saturated rings. The van der Waals surface area contributed by atoms with Gasteiger partial charge in [0.05, 0.1) is 72.6 Å². The Balaban J connectivity index is 1.17. The number of hydrogen-bond donors (Lipinski definition) is 0. The van der Waals surface area contributed by atoms with Gasteiger partial charge in [-0.2, -0.15) is 8.78 Å². The van der Waals surface area contributed by atoms with E-state index in [4.69, 9.17) is 29.6 Å². The number of fused-ring (bicyclic) bond motifs is 2. The molecule has 0 aliphatic carbocycles. The van der Waals surface area contributed by atoms with E-state index in [-0.39, 0.29) is 0 Å². The first-order valence-corrected chi connectivity index (χ1v) is 19.8. The Bertz CT molecular complexity index is 2630. The van der Waals surface area contributed by atoms with Crippen LogP contribution in [-0.4, -0.2) is 91.8 Å². The third-order valence-electron chi connectivity index (χ3n) is 10.9. The van der Waals surface area contributed by atoms with Crippen molar-refractivity contribution in [3.8, 4) is 22.5 Å². The molecule has 302 valence electrons. The van der Waals surface area contributed by atoms with Crippen LogP contribution in [0, 0.1) is 25.7 Å². The molecule has 2 aliphatic heterocycles. The van der Waals surface area contributed by atoms with Crippen molar-refractivity contribution in [3.05, 3.63) is 133 Å². The predicted octanol–water partition coefficient (Wildman–Crippen LogP) is 7.36. The quantitative estimate of drug-likeness (QED) is 0.107. The van der Waals surface area contributed by atoms with E-state index >= 15 is 0 Å². The number of ether oxygens (including phenoxy) is 2. The van der Waals surface area contributed by atoms with Crippen molar-refractivity contribution in [2.24, 2.45) is 0 Å². The number of morpholine rings is 2. The fourth-order valence-corrected chi connectivity index (χ4v) is 7.71. The second-order valence-corrected chi connectivity index (χ2v) is 14.7. The Morgan fingerprint density at radius 3 is 1.28 bits per heavy atom. The molecule has 2 saturated heterocycles. The monoisotopic (exact) mass is 806 g/mol. The van der Waals surface area contributed by atoms with Crippen molar-refractivity contribution in [1.82, 2.24) is 39.2 Å². The van der Waals surface area contributed by atoms with E-state index in [0.29, 0.717) is 72.0 Å². The van der Waals surface area contributed by atoms with Gasteiger partial charge < -0.3 is 19.3 Å². The maximum Gasteiger partial charge on any atom is 0.267 e. The molecule has 0 saturated carbocycles. The number of nitrogens with zero attached hydrogens (tertiary/aromatic N) is 12. The molecule has 10 rings (SSSR count). The topological polar surface area (TPSA) is 118 Å². The van der Waals surface area contributed by atoms with Crippen molar-refractivity contribution in [2.45, 2.75) is 13.8 Å². The summed E-state index contributed by atoms with van der Waals surface area (Å²) in [5.74, 6) is -0.438. The first kappa shape index (κ1) is 37.2. The van der Waals surface area contributed by atoms with Crippen LogP contribution in [0.2, 0.25) is 0 Å². The van der Waals surface area contributed by atoms with Gasteiger partial charge in [-0.05, 0) is 98.8 Å². The predicted molar refractivity (Wildman–Crippen MR) is 225 cm³/mol. The zero-order valence-electron chi connectivity index (χ0n) is 33.0. The Kier molecular flexibility index (Phi) is 9.69. The van der Waals surface area contributed by atoms with Crippen molar-refractivity contribution in [3.63, 3.8) is 0 Å². The highest BCUT2D eigenvalue weighted by Crippen LogP contribution is 2.37. The molecule has 14 nitrogen and oxygen atoms in total. The molecule has 0 bridgehead atoms. The molecule has 2 aromatic carbocycles. The molecule has 8 heterocycles. The van der Waals surface area contributed by atoms with Crippen LogP contribution in [0.15, 0.2) is 110 Å². The average Bonchev–Trinajstić information content (AvgIpc) is 3.92. The first-order chi connectivity index (χ1) is 29.4. The van der Waals surface area contributed by atoms with E-state index in [1.165, 1.54) is 12.4 Å². The molecule has 2 aliphatic rings. The molecule has 60 heavy (non-hydrogen) atoms. The molecule has 6 aromatic heterocycles. The van der Waals surface area contributed by atoms with Crippen LogP contribution in [0.25, 0.3) is 33.5 Å². The summed E-state index contributed by atoms with van der Waals surface area (Å²) >= 11 is 0. The summed E-state index contributed by atoms with van der Waals surface area (Å²) < 4.78 is 43.5. The lowest BCUT2D eigenvalue weighted by Gasteiger charge is -2.35. The normalized spacial score (nSPS) is 14.6. The molecule has 0 radical (unpaired) electrons. The summed E-state index contributed by atoms with van der Waals surface area (Å²) in [7, 11) is 0.